The first-order chi connectivity index (χ1) is 14.5. The van der Waals surface area contributed by atoms with Crippen LogP contribution in [0.15, 0.2) is 18.2 Å². The van der Waals surface area contributed by atoms with E-state index in [1.807, 2.05) is 45.0 Å². The van der Waals surface area contributed by atoms with Crippen molar-refractivity contribution in [3.8, 4) is 6.07 Å². The molecule has 170 valence electrons. The van der Waals surface area contributed by atoms with Crippen LogP contribution in [0.25, 0.3) is 0 Å². The van der Waals surface area contributed by atoms with E-state index in [0.717, 1.165) is 24.0 Å². The summed E-state index contributed by atoms with van der Waals surface area (Å²) < 4.78 is 5.16. The Balaban J connectivity index is 3.20. The fourth-order valence-electron chi connectivity index (χ4n) is 3.14. The summed E-state index contributed by atoms with van der Waals surface area (Å²) in [5.74, 6) is -0.905. The highest BCUT2D eigenvalue weighted by Gasteiger charge is 2.33. The number of nitriles is 1. The normalized spacial score (nSPS) is 11.8. The number of carbonyl (C=O) groups excluding carboxylic acids is 3. The molecule has 0 aliphatic rings. The molecule has 0 radical (unpaired) electrons. The largest absolute Gasteiger partial charge is 0.444 e. The average Bonchev–Trinajstić information content (AvgIpc) is 2.66. The smallest absolute Gasteiger partial charge is 0.408 e. The van der Waals surface area contributed by atoms with Crippen molar-refractivity contribution in [1.29, 1.82) is 5.26 Å². The number of hydrogen-bond acceptors (Lipinski definition) is 5. The van der Waals surface area contributed by atoms with E-state index < -0.39 is 23.6 Å². The van der Waals surface area contributed by atoms with Crippen LogP contribution in [0.4, 0.5) is 4.79 Å². The molecule has 0 heterocycles. The average molecular weight is 431 g/mol. The van der Waals surface area contributed by atoms with Crippen molar-refractivity contribution in [2.24, 2.45) is 0 Å². The fourth-order valence-corrected chi connectivity index (χ4v) is 3.14. The van der Waals surface area contributed by atoms with Gasteiger partial charge in [-0.1, -0.05) is 31.5 Å². The summed E-state index contributed by atoms with van der Waals surface area (Å²) in [6, 6.07) is 6.59. The van der Waals surface area contributed by atoms with Crippen molar-refractivity contribution in [3.63, 3.8) is 0 Å². The lowest BCUT2D eigenvalue weighted by Gasteiger charge is -2.31. The van der Waals surface area contributed by atoms with Gasteiger partial charge in [-0.3, -0.25) is 9.59 Å². The van der Waals surface area contributed by atoms with Crippen molar-refractivity contribution >= 4 is 17.9 Å². The quantitative estimate of drug-likeness (QED) is 0.462. The van der Waals surface area contributed by atoms with Crippen LogP contribution in [0.2, 0.25) is 0 Å². The lowest BCUT2D eigenvalue weighted by Crippen LogP contribution is -2.48. The molecule has 0 aliphatic heterocycles. The molecular formula is C23H34N4O4. The Morgan fingerprint density at radius 3 is 2.29 bits per heavy atom. The maximum absolute atomic E-state index is 13.1. The summed E-state index contributed by atoms with van der Waals surface area (Å²) >= 11 is 0. The van der Waals surface area contributed by atoms with Crippen molar-refractivity contribution in [3.05, 3.63) is 34.9 Å². The molecule has 2 N–H and O–H groups in total. The summed E-state index contributed by atoms with van der Waals surface area (Å²) in [5, 5.41) is 14.6. The number of hydrogen-bond donors (Lipinski definition) is 2. The second-order valence-electron chi connectivity index (χ2n) is 8.39. The van der Waals surface area contributed by atoms with Crippen LogP contribution in [-0.4, -0.2) is 48.0 Å². The number of amides is 3. The van der Waals surface area contributed by atoms with Gasteiger partial charge in [0.15, 0.2) is 0 Å². The van der Waals surface area contributed by atoms with E-state index in [1.54, 1.807) is 20.8 Å². The number of carbonyl (C=O) groups is 3. The third-order valence-corrected chi connectivity index (χ3v) is 4.55. The second kappa shape index (κ2) is 11.9. The minimum atomic E-state index is -0.981. The molecule has 1 unspecified atom stereocenters. The molecule has 0 aliphatic carbocycles. The van der Waals surface area contributed by atoms with Gasteiger partial charge in [-0.2, -0.15) is 5.26 Å². The van der Waals surface area contributed by atoms with E-state index in [1.165, 1.54) is 4.90 Å². The van der Waals surface area contributed by atoms with Crippen LogP contribution < -0.4 is 10.6 Å². The van der Waals surface area contributed by atoms with Crippen LogP contribution in [-0.2, 0) is 14.3 Å². The molecule has 0 fully saturated rings. The molecule has 0 bridgehead atoms. The number of aryl methyl sites for hydroxylation is 2. The second-order valence-corrected chi connectivity index (χ2v) is 8.39. The predicted molar refractivity (Wildman–Crippen MR) is 118 cm³/mol. The highest BCUT2D eigenvalue weighted by Crippen LogP contribution is 2.27. The number of nitrogens with zero attached hydrogens (tertiary/aromatic N) is 2. The zero-order valence-electron chi connectivity index (χ0n) is 19.4. The van der Waals surface area contributed by atoms with Crippen LogP contribution in [0.5, 0.6) is 0 Å². The number of alkyl carbamates (subject to hydrolysis) is 1. The van der Waals surface area contributed by atoms with Gasteiger partial charge in [0.25, 0.3) is 0 Å². The van der Waals surface area contributed by atoms with Crippen LogP contribution in [0.1, 0.15) is 63.3 Å². The Bertz CT molecular complexity index is 804. The van der Waals surface area contributed by atoms with E-state index in [9.17, 15) is 19.6 Å². The Kier molecular flexibility index (Phi) is 10.00. The first-order valence-corrected chi connectivity index (χ1v) is 10.5. The van der Waals surface area contributed by atoms with Crippen LogP contribution in [0, 0.1) is 25.2 Å². The Morgan fingerprint density at radius 1 is 1.16 bits per heavy atom. The highest BCUT2D eigenvalue weighted by molar-refractivity contribution is 5.91. The molecule has 0 aromatic heterocycles. The molecule has 8 nitrogen and oxygen atoms in total. The molecule has 31 heavy (non-hydrogen) atoms. The molecule has 0 spiro atoms. The first-order valence-electron chi connectivity index (χ1n) is 10.5. The Morgan fingerprint density at radius 2 is 1.77 bits per heavy atom. The molecule has 0 saturated carbocycles. The number of benzene rings is 1. The third kappa shape index (κ3) is 8.28. The molecule has 1 atom stereocenters. The summed E-state index contributed by atoms with van der Waals surface area (Å²) in [7, 11) is 0. The molecule has 1 aromatic carbocycles. The SMILES string of the molecule is CCCCNC(=O)C(c1c(C)cccc1C)N(CC#N)C(=O)CNC(=O)OC(C)(C)C. The predicted octanol–water partition coefficient (Wildman–Crippen LogP) is 3.14. The monoisotopic (exact) mass is 430 g/mol. The number of ether oxygens (including phenoxy) is 1. The van der Waals surface area contributed by atoms with Gasteiger partial charge in [-0.05, 0) is 57.7 Å². The first kappa shape index (κ1) is 26.0. The maximum Gasteiger partial charge on any atom is 0.408 e. The van der Waals surface area contributed by atoms with Gasteiger partial charge in [0.2, 0.25) is 11.8 Å². The van der Waals surface area contributed by atoms with Crippen LogP contribution >= 0.6 is 0 Å². The minimum absolute atomic E-state index is 0.297. The molecule has 3 amide bonds. The van der Waals surface area contributed by atoms with Crippen molar-refractivity contribution in [1.82, 2.24) is 15.5 Å². The van der Waals surface area contributed by atoms with Gasteiger partial charge in [-0.25, -0.2) is 4.79 Å². The highest BCUT2D eigenvalue weighted by atomic mass is 16.6. The van der Waals surface area contributed by atoms with Crippen LogP contribution in [0.3, 0.4) is 0 Å². The summed E-state index contributed by atoms with van der Waals surface area (Å²) in [5.41, 5.74) is 1.65. The Hall–Kier alpha value is -3.08. The molecule has 1 aromatic rings. The van der Waals surface area contributed by atoms with Gasteiger partial charge < -0.3 is 20.3 Å². The maximum atomic E-state index is 13.1. The van der Waals surface area contributed by atoms with Crippen molar-refractivity contribution in [2.75, 3.05) is 19.6 Å². The number of unbranched alkanes of at least 4 members (excludes halogenated alkanes) is 1. The number of rotatable bonds is 9. The van der Waals surface area contributed by atoms with Gasteiger partial charge >= 0.3 is 6.09 Å². The van der Waals surface area contributed by atoms with Gasteiger partial charge in [0.1, 0.15) is 24.7 Å². The van der Waals surface area contributed by atoms with E-state index in [-0.39, 0.29) is 19.0 Å². The molecule has 0 saturated heterocycles. The zero-order chi connectivity index (χ0) is 23.6. The Labute approximate surface area is 184 Å². The van der Waals surface area contributed by atoms with E-state index in [2.05, 4.69) is 10.6 Å². The third-order valence-electron chi connectivity index (χ3n) is 4.55. The van der Waals surface area contributed by atoms with Crippen molar-refractivity contribution in [2.45, 2.75) is 66.0 Å². The lowest BCUT2D eigenvalue weighted by molar-refractivity contribution is -0.139. The van der Waals surface area contributed by atoms with Gasteiger partial charge in [-0.15, -0.1) is 0 Å². The van der Waals surface area contributed by atoms with E-state index in [0.29, 0.717) is 12.1 Å². The summed E-state index contributed by atoms with van der Waals surface area (Å²) in [4.78, 5) is 39.3. The summed E-state index contributed by atoms with van der Waals surface area (Å²) in [6.45, 7) is 10.7. The van der Waals surface area contributed by atoms with Crippen molar-refractivity contribution < 1.29 is 19.1 Å². The standard InChI is InChI=1S/C23H34N4O4/c1-7-8-13-25-21(29)20(19-16(2)10-9-11-17(19)3)27(14-12-24)18(28)15-26-22(30)31-23(4,5)6/h9-11,20H,7-8,13-15H2,1-6H3,(H,25,29)(H,26,30). The minimum Gasteiger partial charge on any atom is -0.444 e. The van der Waals surface area contributed by atoms with Gasteiger partial charge in [0, 0.05) is 6.54 Å². The topological polar surface area (TPSA) is 112 Å². The fraction of sp³-hybridized carbons (Fsp3) is 0.565. The molecular weight excluding hydrogens is 396 g/mol. The zero-order valence-corrected chi connectivity index (χ0v) is 19.4. The van der Waals surface area contributed by atoms with Gasteiger partial charge in [0.05, 0.1) is 6.07 Å². The molecule has 1 rings (SSSR count). The molecule has 8 heteroatoms. The van der Waals surface area contributed by atoms with E-state index in [4.69, 9.17) is 4.74 Å². The van der Waals surface area contributed by atoms with E-state index >= 15 is 0 Å². The summed E-state index contributed by atoms with van der Waals surface area (Å²) in [6.07, 6.45) is 0.973. The lowest BCUT2D eigenvalue weighted by atomic mass is 9.94. The number of nitrogens with one attached hydrogen (secondary N) is 2.